The van der Waals surface area contributed by atoms with E-state index >= 15 is 0 Å². The van der Waals surface area contributed by atoms with Gasteiger partial charge >= 0.3 is 0 Å². The molecule has 0 aromatic heterocycles. The van der Waals surface area contributed by atoms with Gasteiger partial charge in [0.2, 0.25) is 0 Å². The molecular weight excluding hydrogens is 260 g/mol. The summed E-state index contributed by atoms with van der Waals surface area (Å²) in [6, 6.07) is 0.471. The molecule has 1 fully saturated rings. The quantitative estimate of drug-likeness (QED) is 0.775. The van der Waals surface area contributed by atoms with Crippen LogP contribution in [-0.4, -0.2) is 56.0 Å². The Morgan fingerprint density at radius 2 is 1.84 bits per heavy atom. The predicted molar refractivity (Wildman–Crippen MR) is 81.3 cm³/mol. The highest BCUT2D eigenvalue weighted by Gasteiger charge is 2.36. The fourth-order valence-corrected chi connectivity index (χ4v) is 3.63. The summed E-state index contributed by atoms with van der Waals surface area (Å²) in [6.45, 7) is 11.0. The van der Waals surface area contributed by atoms with Crippen molar-refractivity contribution in [3.8, 4) is 0 Å². The van der Waals surface area contributed by atoms with E-state index in [1.165, 1.54) is 0 Å². The lowest BCUT2D eigenvalue weighted by Crippen LogP contribution is -2.64. The highest BCUT2D eigenvalue weighted by Crippen LogP contribution is 2.23. The molecule has 0 saturated carbocycles. The lowest BCUT2D eigenvalue weighted by Gasteiger charge is -2.47. The Hall–Kier alpha value is -0.130. The minimum Gasteiger partial charge on any atom is -0.308 e. The van der Waals surface area contributed by atoms with Crippen molar-refractivity contribution >= 4 is 9.84 Å². The summed E-state index contributed by atoms with van der Waals surface area (Å²) in [5.41, 5.74) is 0.168. The van der Waals surface area contributed by atoms with E-state index in [2.05, 4.69) is 31.0 Å². The fourth-order valence-electron chi connectivity index (χ4n) is 2.83. The van der Waals surface area contributed by atoms with Crippen molar-refractivity contribution in [2.45, 2.75) is 58.5 Å². The number of hydrogen-bond donors (Lipinski definition) is 1. The molecule has 5 heteroatoms. The van der Waals surface area contributed by atoms with Crippen LogP contribution >= 0.6 is 0 Å². The highest BCUT2D eigenvalue weighted by atomic mass is 32.2. The number of hydrogen-bond acceptors (Lipinski definition) is 4. The minimum absolute atomic E-state index is 0.168. The van der Waals surface area contributed by atoms with Gasteiger partial charge in [0.15, 0.2) is 9.84 Å². The Morgan fingerprint density at radius 3 is 2.32 bits per heavy atom. The average Bonchev–Trinajstić information content (AvgIpc) is 2.44. The molecule has 1 aliphatic rings. The van der Waals surface area contributed by atoms with Gasteiger partial charge in [0.25, 0.3) is 0 Å². The topological polar surface area (TPSA) is 49.4 Å². The molecule has 0 aromatic carbocycles. The molecular formula is C14H30N2O2S. The highest BCUT2D eigenvalue weighted by molar-refractivity contribution is 7.91. The summed E-state index contributed by atoms with van der Waals surface area (Å²) >= 11 is 0. The van der Waals surface area contributed by atoms with Crippen molar-refractivity contribution in [1.82, 2.24) is 10.2 Å². The van der Waals surface area contributed by atoms with Gasteiger partial charge < -0.3 is 5.32 Å². The van der Waals surface area contributed by atoms with Crippen molar-refractivity contribution in [2.75, 3.05) is 31.1 Å². The summed E-state index contributed by atoms with van der Waals surface area (Å²) in [5.74, 6) is 0.548. The zero-order chi connectivity index (χ0) is 14.5. The monoisotopic (exact) mass is 290 g/mol. The number of rotatable bonds is 7. The molecule has 0 aromatic rings. The van der Waals surface area contributed by atoms with E-state index in [1.54, 1.807) is 6.92 Å². The first-order valence-corrected chi connectivity index (χ1v) is 9.43. The molecule has 114 valence electrons. The van der Waals surface area contributed by atoms with Gasteiger partial charge in [-0.1, -0.05) is 27.7 Å². The molecule has 0 radical (unpaired) electrons. The number of piperazine rings is 1. The van der Waals surface area contributed by atoms with Gasteiger partial charge in [-0.3, -0.25) is 4.90 Å². The Morgan fingerprint density at radius 1 is 1.21 bits per heavy atom. The fraction of sp³-hybridized carbons (Fsp3) is 1.00. The summed E-state index contributed by atoms with van der Waals surface area (Å²) in [5, 5.41) is 3.68. The smallest absolute Gasteiger partial charge is 0.151 e. The summed E-state index contributed by atoms with van der Waals surface area (Å²) in [7, 11) is -2.86. The zero-order valence-electron chi connectivity index (χ0n) is 12.9. The Labute approximate surface area is 118 Å². The Kier molecular flexibility index (Phi) is 6.27. The van der Waals surface area contributed by atoms with Gasteiger partial charge in [0.05, 0.1) is 5.75 Å². The third-order valence-corrected chi connectivity index (χ3v) is 6.37. The Bertz CT molecular complexity index is 364. The van der Waals surface area contributed by atoms with Gasteiger partial charge in [-0.15, -0.1) is 0 Å². The summed E-state index contributed by atoms with van der Waals surface area (Å²) in [4.78, 5) is 2.39. The van der Waals surface area contributed by atoms with E-state index in [1.807, 2.05) is 0 Å². The molecule has 0 bridgehead atoms. The zero-order valence-corrected chi connectivity index (χ0v) is 13.7. The van der Waals surface area contributed by atoms with Crippen molar-refractivity contribution in [1.29, 1.82) is 0 Å². The van der Waals surface area contributed by atoms with E-state index in [0.29, 0.717) is 18.3 Å². The van der Waals surface area contributed by atoms with Crippen molar-refractivity contribution in [2.24, 2.45) is 0 Å². The summed E-state index contributed by atoms with van der Waals surface area (Å²) < 4.78 is 23.4. The molecule has 0 spiro atoms. The number of sulfone groups is 1. The minimum atomic E-state index is -2.86. The van der Waals surface area contributed by atoms with Crippen LogP contribution in [0.3, 0.4) is 0 Å². The van der Waals surface area contributed by atoms with Crippen LogP contribution in [-0.2, 0) is 9.84 Å². The molecule has 1 heterocycles. The first kappa shape index (κ1) is 16.9. The van der Waals surface area contributed by atoms with Gasteiger partial charge in [0, 0.05) is 37.0 Å². The second-order valence-corrected chi connectivity index (χ2v) is 8.11. The first-order valence-electron chi connectivity index (χ1n) is 7.61. The molecule has 1 saturated heterocycles. The standard InChI is InChI=1S/C14H30N2O2S/c1-5-13-11-15-14(6-2,7-3)12-16(13)9-10-19(17,18)8-4/h13,15H,5-12H2,1-4H3. The first-order chi connectivity index (χ1) is 8.92. The number of nitrogens with zero attached hydrogens (tertiary/aromatic N) is 1. The maximum atomic E-state index is 11.7. The maximum Gasteiger partial charge on any atom is 0.151 e. The van der Waals surface area contributed by atoms with Gasteiger partial charge in [-0.05, 0) is 19.3 Å². The van der Waals surface area contributed by atoms with Crippen LogP contribution in [0.4, 0.5) is 0 Å². The van der Waals surface area contributed by atoms with Crippen molar-refractivity contribution in [3.05, 3.63) is 0 Å². The van der Waals surface area contributed by atoms with Gasteiger partial charge in [0.1, 0.15) is 0 Å². The van der Waals surface area contributed by atoms with Crippen LogP contribution in [0.25, 0.3) is 0 Å². The Balaban J connectivity index is 2.70. The largest absolute Gasteiger partial charge is 0.308 e. The normalized spacial score (nSPS) is 24.5. The van der Waals surface area contributed by atoms with Crippen LogP contribution in [0, 0.1) is 0 Å². The molecule has 0 amide bonds. The van der Waals surface area contributed by atoms with E-state index in [9.17, 15) is 8.42 Å². The van der Waals surface area contributed by atoms with E-state index < -0.39 is 9.84 Å². The third kappa shape index (κ3) is 4.43. The molecule has 0 aliphatic carbocycles. The van der Waals surface area contributed by atoms with Crippen molar-refractivity contribution in [3.63, 3.8) is 0 Å². The summed E-state index contributed by atoms with van der Waals surface area (Å²) in [6.07, 6.45) is 3.26. The molecule has 1 aliphatic heterocycles. The number of nitrogens with one attached hydrogen (secondary N) is 1. The molecule has 1 N–H and O–H groups in total. The van der Waals surface area contributed by atoms with E-state index in [-0.39, 0.29) is 11.3 Å². The van der Waals surface area contributed by atoms with E-state index in [0.717, 1.165) is 32.4 Å². The molecule has 1 atom stereocenters. The SMILES string of the molecule is CCC1CNC(CC)(CC)CN1CCS(=O)(=O)CC. The predicted octanol–water partition coefficient (Wildman–Crippen LogP) is 1.66. The molecule has 19 heavy (non-hydrogen) atoms. The molecule has 1 unspecified atom stereocenters. The van der Waals surface area contributed by atoms with Gasteiger partial charge in [-0.2, -0.15) is 0 Å². The third-order valence-electron chi connectivity index (χ3n) is 4.69. The molecule has 1 rings (SSSR count). The lowest BCUT2D eigenvalue weighted by molar-refractivity contribution is 0.0760. The lowest BCUT2D eigenvalue weighted by atomic mass is 9.88. The average molecular weight is 290 g/mol. The van der Waals surface area contributed by atoms with Crippen LogP contribution in [0.1, 0.15) is 47.0 Å². The second-order valence-electron chi connectivity index (χ2n) is 5.64. The second kappa shape index (κ2) is 7.04. The van der Waals surface area contributed by atoms with Crippen LogP contribution < -0.4 is 5.32 Å². The van der Waals surface area contributed by atoms with Crippen LogP contribution in [0.5, 0.6) is 0 Å². The van der Waals surface area contributed by atoms with Crippen molar-refractivity contribution < 1.29 is 8.42 Å². The molecule has 4 nitrogen and oxygen atoms in total. The van der Waals surface area contributed by atoms with E-state index in [4.69, 9.17) is 0 Å². The van der Waals surface area contributed by atoms with Crippen LogP contribution in [0.15, 0.2) is 0 Å². The van der Waals surface area contributed by atoms with Crippen LogP contribution in [0.2, 0.25) is 0 Å². The maximum absolute atomic E-state index is 11.7. The van der Waals surface area contributed by atoms with Gasteiger partial charge in [-0.25, -0.2) is 8.42 Å².